The van der Waals surface area contributed by atoms with Gasteiger partial charge in [0.25, 0.3) is 5.91 Å². The van der Waals surface area contributed by atoms with Gasteiger partial charge < -0.3 is 9.64 Å². The summed E-state index contributed by atoms with van der Waals surface area (Å²) >= 11 is 0. The van der Waals surface area contributed by atoms with E-state index in [0.29, 0.717) is 18.2 Å². The highest BCUT2D eigenvalue weighted by molar-refractivity contribution is 5.95. The lowest BCUT2D eigenvalue weighted by atomic mass is 9.88. The minimum atomic E-state index is 0.198. The van der Waals surface area contributed by atoms with Crippen LogP contribution in [0.4, 0.5) is 0 Å². The lowest BCUT2D eigenvalue weighted by molar-refractivity contribution is 0.0645. The van der Waals surface area contributed by atoms with Crippen molar-refractivity contribution < 1.29 is 9.53 Å². The molecule has 29 heavy (non-hydrogen) atoms. The molecule has 6 rings (SSSR count). The highest BCUT2D eigenvalue weighted by Crippen LogP contribution is 2.46. The maximum absolute atomic E-state index is 13.4. The minimum Gasteiger partial charge on any atom is -0.490 e. The third-order valence-electron chi connectivity index (χ3n) is 7.33. The first-order valence-corrected chi connectivity index (χ1v) is 11.6. The second kappa shape index (κ2) is 7.00. The third kappa shape index (κ3) is 3.62. The largest absolute Gasteiger partial charge is 0.490 e. The standard InChI is InChI=1S/C25H30N2O2/c28-25(27(21-9-10-21)22-8-5-19-14-26-15-20(19)13-22)18-6-11-23(12-7-18)29-24(16-1-2-16)17-3-4-17/h6-7,11-12,15-17,21-22,24H,1-5,8-10,13-14H2. The summed E-state index contributed by atoms with van der Waals surface area (Å²) < 4.78 is 6.34. The molecular formula is C25H30N2O2. The Kier molecular flexibility index (Phi) is 4.28. The zero-order valence-electron chi connectivity index (χ0n) is 17.1. The maximum atomic E-state index is 13.4. The molecule has 3 saturated carbocycles. The fraction of sp³-hybridized carbons (Fsp3) is 0.600. The monoisotopic (exact) mass is 390 g/mol. The van der Waals surface area contributed by atoms with Gasteiger partial charge in [0, 0.05) is 23.9 Å². The third-order valence-corrected chi connectivity index (χ3v) is 7.33. The second-order valence-corrected chi connectivity index (χ2v) is 9.72. The van der Waals surface area contributed by atoms with Crippen LogP contribution in [0.25, 0.3) is 0 Å². The Labute approximate surface area is 173 Å². The van der Waals surface area contributed by atoms with Gasteiger partial charge in [-0.15, -0.1) is 0 Å². The van der Waals surface area contributed by atoms with Crippen LogP contribution >= 0.6 is 0 Å². The van der Waals surface area contributed by atoms with Crippen LogP contribution in [0.2, 0.25) is 0 Å². The molecule has 1 unspecified atom stereocenters. The average Bonchev–Trinajstić information content (AvgIpc) is 3.59. The molecule has 0 spiro atoms. The Hall–Kier alpha value is -2.10. The summed E-state index contributed by atoms with van der Waals surface area (Å²) in [5.41, 5.74) is 3.68. The predicted molar refractivity (Wildman–Crippen MR) is 114 cm³/mol. The summed E-state index contributed by atoms with van der Waals surface area (Å²) in [5.74, 6) is 2.65. The Morgan fingerprint density at radius 2 is 1.69 bits per heavy atom. The molecule has 0 N–H and O–H groups in total. The number of rotatable bonds is 7. The van der Waals surface area contributed by atoms with Gasteiger partial charge in [-0.25, -0.2) is 0 Å². The second-order valence-electron chi connectivity index (χ2n) is 9.72. The van der Waals surface area contributed by atoms with Crippen molar-refractivity contribution in [2.75, 3.05) is 6.54 Å². The molecule has 1 aromatic carbocycles. The normalized spacial score (nSPS) is 26.0. The van der Waals surface area contributed by atoms with Crippen LogP contribution in [0.3, 0.4) is 0 Å². The topological polar surface area (TPSA) is 41.9 Å². The van der Waals surface area contributed by atoms with Gasteiger partial charge in [0.2, 0.25) is 0 Å². The van der Waals surface area contributed by atoms with E-state index in [2.05, 4.69) is 9.89 Å². The summed E-state index contributed by atoms with van der Waals surface area (Å²) in [6.07, 6.45) is 13.2. The Bertz CT molecular complexity index is 847. The molecule has 1 atom stereocenters. The molecule has 0 radical (unpaired) electrons. The molecule has 4 heteroatoms. The van der Waals surface area contributed by atoms with Crippen LogP contribution in [0, 0.1) is 11.8 Å². The number of nitrogens with zero attached hydrogens (tertiary/aromatic N) is 2. The Morgan fingerprint density at radius 3 is 2.34 bits per heavy atom. The van der Waals surface area contributed by atoms with Gasteiger partial charge >= 0.3 is 0 Å². The molecule has 0 saturated heterocycles. The van der Waals surface area contributed by atoms with Crippen molar-refractivity contribution in [1.82, 2.24) is 4.90 Å². The van der Waals surface area contributed by atoms with E-state index >= 15 is 0 Å². The molecule has 1 heterocycles. The Balaban J connectivity index is 1.16. The minimum absolute atomic E-state index is 0.198. The highest BCUT2D eigenvalue weighted by atomic mass is 16.5. The van der Waals surface area contributed by atoms with Gasteiger partial charge in [0.05, 0.1) is 6.54 Å². The molecule has 1 amide bonds. The molecule has 5 aliphatic rings. The van der Waals surface area contributed by atoms with E-state index in [1.54, 1.807) is 0 Å². The van der Waals surface area contributed by atoms with Crippen LogP contribution < -0.4 is 4.74 Å². The van der Waals surface area contributed by atoms with Gasteiger partial charge in [0.15, 0.2) is 0 Å². The van der Waals surface area contributed by atoms with Crippen molar-refractivity contribution in [3.63, 3.8) is 0 Å². The average molecular weight is 391 g/mol. The number of aliphatic imine (C=N–C) groups is 1. The van der Waals surface area contributed by atoms with Crippen molar-refractivity contribution in [3.05, 3.63) is 41.0 Å². The molecule has 1 aliphatic heterocycles. The maximum Gasteiger partial charge on any atom is 0.254 e. The fourth-order valence-electron chi connectivity index (χ4n) is 5.22. The molecule has 3 fully saturated rings. The summed E-state index contributed by atoms with van der Waals surface area (Å²) in [6.45, 7) is 0.879. The number of hydrogen-bond acceptors (Lipinski definition) is 3. The highest BCUT2D eigenvalue weighted by Gasteiger charge is 2.43. The summed E-state index contributed by atoms with van der Waals surface area (Å²) in [6, 6.07) is 8.74. The quantitative estimate of drug-likeness (QED) is 0.672. The molecule has 0 aromatic heterocycles. The number of hydrogen-bond donors (Lipinski definition) is 0. The van der Waals surface area contributed by atoms with Crippen LogP contribution in [0.15, 0.2) is 40.4 Å². The zero-order chi connectivity index (χ0) is 19.4. The first-order chi connectivity index (χ1) is 14.3. The van der Waals surface area contributed by atoms with E-state index in [1.807, 2.05) is 30.5 Å². The van der Waals surface area contributed by atoms with Crippen molar-refractivity contribution in [2.24, 2.45) is 16.8 Å². The smallest absolute Gasteiger partial charge is 0.254 e. The van der Waals surface area contributed by atoms with E-state index in [0.717, 1.165) is 61.8 Å². The number of benzene rings is 1. The summed E-state index contributed by atoms with van der Waals surface area (Å²) in [5, 5.41) is 0. The van der Waals surface area contributed by atoms with Crippen molar-refractivity contribution in [1.29, 1.82) is 0 Å². The molecule has 152 valence electrons. The van der Waals surface area contributed by atoms with Crippen LogP contribution in [0.1, 0.15) is 68.1 Å². The first-order valence-electron chi connectivity index (χ1n) is 11.6. The lowest BCUT2D eigenvalue weighted by Crippen LogP contribution is -2.43. The van der Waals surface area contributed by atoms with Crippen molar-refractivity contribution in [2.45, 2.75) is 76.0 Å². The number of carbonyl (C=O) groups excluding carboxylic acids is 1. The van der Waals surface area contributed by atoms with Gasteiger partial charge in [-0.2, -0.15) is 0 Å². The fourth-order valence-corrected chi connectivity index (χ4v) is 5.22. The predicted octanol–water partition coefficient (Wildman–Crippen LogP) is 4.79. The van der Waals surface area contributed by atoms with Crippen molar-refractivity contribution >= 4 is 12.1 Å². The van der Waals surface area contributed by atoms with Gasteiger partial charge in [-0.1, -0.05) is 0 Å². The van der Waals surface area contributed by atoms with Crippen LogP contribution in [0.5, 0.6) is 5.75 Å². The Morgan fingerprint density at radius 1 is 0.966 bits per heavy atom. The zero-order valence-corrected chi connectivity index (χ0v) is 17.1. The first kappa shape index (κ1) is 17.7. The molecule has 4 aliphatic carbocycles. The number of carbonyl (C=O) groups is 1. The van der Waals surface area contributed by atoms with Crippen LogP contribution in [-0.4, -0.2) is 41.8 Å². The van der Waals surface area contributed by atoms with E-state index in [1.165, 1.54) is 36.8 Å². The van der Waals surface area contributed by atoms with Gasteiger partial charge in [-0.05, 0) is 105 Å². The summed E-state index contributed by atoms with van der Waals surface area (Å²) in [7, 11) is 0. The molecule has 4 nitrogen and oxygen atoms in total. The van der Waals surface area contributed by atoms with E-state index in [9.17, 15) is 4.79 Å². The SMILES string of the molecule is O=C(c1ccc(OC(C2CC2)C2CC2)cc1)N(C1CC1)C1CCC2=C(C=NC2)C1. The number of amides is 1. The van der Waals surface area contributed by atoms with Gasteiger partial charge in [0.1, 0.15) is 11.9 Å². The lowest BCUT2D eigenvalue weighted by Gasteiger charge is -2.35. The van der Waals surface area contributed by atoms with E-state index in [-0.39, 0.29) is 5.91 Å². The van der Waals surface area contributed by atoms with Crippen molar-refractivity contribution in [3.8, 4) is 5.75 Å². The molecular weight excluding hydrogens is 360 g/mol. The van der Waals surface area contributed by atoms with E-state index in [4.69, 9.17) is 4.74 Å². The molecule has 1 aromatic rings. The van der Waals surface area contributed by atoms with Crippen LogP contribution in [-0.2, 0) is 0 Å². The van der Waals surface area contributed by atoms with Gasteiger partial charge in [-0.3, -0.25) is 9.79 Å². The number of ether oxygens (including phenoxy) is 1. The van der Waals surface area contributed by atoms with E-state index < -0.39 is 0 Å². The molecule has 0 bridgehead atoms. The summed E-state index contributed by atoms with van der Waals surface area (Å²) in [4.78, 5) is 20.1.